The van der Waals surface area contributed by atoms with Crippen molar-refractivity contribution in [3.05, 3.63) is 0 Å². The largest absolute Gasteiger partial charge is 0.420 e. The zero-order valence-corrected chi connectivity index (χ0v) is 7.92. The normalized spacial score (nSPS) is 12.2. The van der Waals surface area contributed by atoms with Gasteiger partial charge >= 0.3 is 6.09 Å². The Bertz CT molecular complexity index is 127. The van der Waals surface area contributed by atoms with Gasteiger partial charge in [-0.3, -0.25) is 0 Å². The van der Waals surface area contributed by atoms with Crippen molar-refractivity contribution in [3.8, 4) is 0 Å². The summed E-state index contributed by atoms with van der Waals surface area (Å²) in [5, 5.41) is 2.58. The van der Waals surface area contributed by atoms with Gasteiger partial charge in [0.15, 0.2) is 0 Å². The molecule has 0 aromatic heterocycles. The van der Waals surface area contributed by atoms with E-state index in [9.17, 15) is 4.79 Å². The van der Waals surface area contributed by atoms with Gasteiger partial charge in [-0.25, -0.2) is 4.79 Å². The van der Waals surface area contributed by atoms with E-state index in [1.165, 1.54) is 0 Å². The van der Waals surface area contributed by atoms with Crippen molar-refractivity contribution in [2.45, 2.75) is 33.5 Å². The lowest BCUT2D eigenvalue weighted by molar-refractivity contribution is -0.0865. The molecule has 72 valence electrons. The van der Waals surface area contributed by atoms with Crippen LogP contribution in [0.3, 0.4) is 0 Å². The molecule has 1 N–H and O–H groups in total. The lowest BCUT2D eigenvalue weighted by Gasteiger charge is -2.12. The summed E-state index contributed by atoms with van der Waals surface area (Å²) in [6.45, 7) is 6.70. The fourth-order valence-corrected chi connectivity index (χ4v) is 0.688. The number of ether oxygens (including phenoxy) is 2. The van der Waals surface area contributed by atoms with Gasteiger partial charge in [0, 0.05) is 13.2 Å². The molecule has 0 saturated carbocycles. The first-order chi connectivity index (χ1) is 5.70. The molecule has 0 saturated heterocycles. The summed E-state index contributed by atoms with van der Waals surface area (Å²) < 4.78 is 9.83. The Kier molecular flexibility index (Phi) is 6.47. The lowest BCUT2D eigenvalue weighted by atomic mass is 10.5. The van der Waals surface area contributed by atoms with Crippen LogP contribution in [0.25, 0.3) is 0 Å². The summed E-state index contributed by atoms with van der Waals surface area (Å²) >= 11 is 0. The molecule has 0 fully saturated rings. The molecule has 4 heteroatoms. The molecule has 0 aliphatic heterocycles. The second-order valence-electron chi connectivity index (χ2n) is 2.36. The summed E-state index contributed by atoms with van der Waals surface area (Å²) in [6.07, 6.45) is 0.0163. The van der Waals surface area contributed by atoms with Crippen LogP contribution in [0, 0.1) is 0 Å². The Hall–Kier alpha value is -0.770. The molecule has 0 aromatic rings. The Morgan fingerprint density at radius 1 is 1.50 bits per heavy atom. The van der Waals surface area contributed by atoms with E-state index in [4.69, 9.17) is 9.47 Å². The molecule has 1 amide bonds. The van der Waals surface area contributed by atoms with Crippen molar-refractivity contribution in [2.75, 3.05) is 13.2 Å². The highest BCUT2D eigenvalue weighted by Gasteiger charge is 2.06. The highest BCUT2D eigenvalue weighted by atomic mass is 16.7. The second-order valence-corrected chi connectivity index (χ2v) is 2.36. The van der Waals surface area contributed by atoms with Crippen molar-refractivity contribution in [3.63, 3.8) is 0 Å². The molecule has 0 radical (unpaired) electrons. The molecule has 0 spiro atoms. The van der Waals surface area contributed by atoms with E-state index in [1.807, 2.05) is 13.8 Å². The van der Waals surface area contributed by atoms with Crippen molar-refractivity contribution in [1.82, 2.24) is 5.32 Å². The van der Waals surface area contributed by atoms with Crippen molar-refractivity contribution in [2.24, 2.45) is 0 Å². The van der Waals surface area contributed by atoms with Gasteiger partial charge < -0.3 is 14.8 Å². The minimum atomic E-state index is -0.466. The zero-order chi connectivity index (χ0) is 9.40. The topological polar surface area (TPSA) is 47.6 Å². The molecule has 0 heterocycles. The number of hydrogen-bond acceptors (Lipinski definition) is 3. The molecule has 4 nitrogen and oxygen atoms in total. The summed E-state index contributed by atoms with van der Waals surface area (Å²) in [5.74, 6) is 0. The van der Waals surface area contributed by atoms with E-state index in [-0.39, 0.29) is 0 Å². The van der Waals surface area contributed by atoms with E-state index in [1.54, 1.807) is 6.92 Å². The van der Waals surface area contributed by atoms with E-state index in [0.717, 1.165) is 6.42 Å². The molecule has 0 aliphatic carbocycles. The third-order valence-corrected chi connectivity index (χ3v) is 1.19. The van der Waals surface area contributed by atoms with E-state index < -0.39 is 12.4 Å². The van der Waals surface area contributed by atoms with Crippen LogP contribution in [-0.2, 0) is 9.47 Å². The summed E-state index contributed by atoms with van der Waals surface area (Å²) in [6, 6.07) is 0. The zero-order valence-electron chi connectivity index (χ0n) is 7.92. The maximum absolute atomic E-state index is 10.9. The minimum absolute atomic E-state index is 0.419. The van der Waals surface area contributed by atoms with Gasteiger partial charge in [0.1, 0.15) is 0 Å². The van der Waals surface area contributed by atoms with Crippen LogP contribution in [0.4, 0.5) is 4.79 Å². The molecule has 0 bridgehead atoms. The van der Waals surface area contributed by atoms with Gasteiger partial charge in [0.25, 0.3) is 0 Å². The SMILES string of the molecule is CCCNC(=O)OC(C)OCC. The number of carbonyl (C=O) groups excluding carboxylic acids is 1. The van der Waals surface area contributed by atoms with Crippen molar-refractivity contribution >= 4 is 6.09 Å². The minimum Gasteiger partial charge on any atom is -0.420 e. The molecular weight excluding hydrogens is 158 g/mol. The first kappa shape index (κ1) is 11.2. The highest BCUT2D eigenvalue weighted by Crippen LogP contribution is 1.92. The third-order valence-electron chi connectivity index (χ3n) is 1.19. The van der Waals surface area contributed by atoms with E-state index in [0.29, 0.717) is 13.2 Å². The molecular formula is C8H17NO3. The number of amides is 1. The van der Waals surface area contributed by atoms with Crippen LogP contribution in [0.15, 0.2) is 0 Å². The molecule has 1 unspecified atom stereocenters. The Labute approximate surface area is 73.2 Å². The number of hydrogen-bond donors (Lipinski definition) is 1. The van der Waals surface area contributed by atoms with Gasteiger partial charge in [-0.15, -0.1) is 0 Å². The first-order valence-corrected chi connectivity index (χ1v) is 4.26. The number of alkyl carbamates (subject to hydrolysis) is 1. The van der Waals surface area contributed by atoms with Gasteiger partial charge in [-0.1, -0.05) is 6.92 Å². The fraction of sp³-hybridized carbons (Fsp3) is 0.875. The predicted octanol–water partition coefficient (Wildman–Crippen LogP) is 1.51. The van der Waals surface area contributed by atoms with Gasteiger partial charge in [0.2, 0.25) is 6.29 Å². The average molecular weight is 175 g/mol. The highest BCUT2D eigenvalue weighted by molar-refractivity contribution is 5.67. The first-order valence-electron chi connectivity index (χ1n) is 4.26. The Balaban J connectivity index is 3.40. The molecule has 1 atom stereocenters. The summed E-state index contributed by atoms with van der Waals surface area (Å²) in [7, 11) is 0. The maximum atomic E-state index is 10.9. The molecule has 0 aromatic carbocycles. The smallest absolute Gasteiger partial charge is 0.409 e. The van der Waals surface area contributed by atoms with Crippen LogP contribution >= 0.6 is 0 Å². The summed E-state index contributed by atoms with van der Waals surface area (Å²) in [4.78, 5) is 10.9. The van der Waals surface area contributed by atoms with Gasteiger partial charge in [-0.2, -0.15) is 0 Å². The molecule has 0 aliphatic rings. The van der Waals surface area contributed by atoms with Crippen LogP contribution in [0.1, 0.15) is 27.2 Å². The van der Waals surface area contributed by atoms with E-state index in [2.05, 4.69) is 5.32 Å². The number of rotatable bonds is 5. The summed E-state index contributed by atoms with van der Waals surface area (Å²) in [5.41, 5.74) is 0. The molecule has 12 heavy (non-hydrogen) atoms. The van der Waals surface area contributed by atoms with E-state index >= 15 is 0 Å². The Morgan fingerprint density at radius 3 is 2.67 bits per heavy atom. The van der Waals surface area contributed by atoms with Crippen LogP contribution in [0.2, 0.25) is 0 Å². The predicted molar refractivity (Wildman–Crippen MR) is 45.9 cm³/mol. The van der Waals surface area contributed by atoms with Gasteiger partial charge in [-0.05, 0) is 20.3 Å². The van der Waals surface area contributed by atoms with Crippen molar-refractivity contribution in [1.29, 1.82) is 0 Å². The monoisotopic (exact) mass is 175 g/mol. The maximum Gasteiger partial charge on any atom is 0.409 e. The molecule has 0 rings (SSSR count). The fourth-order valence-electron chi connectivity index (χ4n) is 0.688. The van der Waals surface area contributed by atoms with Crippen LogP contribution < -0.4 is 5.32 Å². The Morgan fingerprint density at radius 2 is 2.17 bits per heavy atom. The second kappa shape index (κ2) is 6.91. The standard InChI is InChI=1S/C8H17NO3/c1-4-6-9-8(10)12-7(3)11-5-2/h7H,4-6H2,1-3H3,(H,9,10). The van der Waals surface area contributed by atoms with Crippen molar-refractivity contribution < 1.29 is 14.3 Å². The quantitative estimate of drug-likeness (QED) is 0.644. The number of carbonyl (C=O) groups is 1. The van der Waals surface area contributed by atoms with Gasteiger partial charge in [0.05, 0.1) is 0 Å². The van der Waals surface area contributed by atoms with Crippen LogP contribution in [0.5, 0.6) is 0 Å². The van der Waals surface area contributed by atoms with Crippen LogP contribution in [-0.4, -0.2) is 25.5 Å². The lowest BCUT2D eigenvalue weighted by Crippen LogP contribution is -2.29. The third kappa shape index (κ3) is 5.97. The average Bonchev–Trinajstić information content (AvgIpc) is 2.01. The number of nitrogens with one attached hydrogen (secondary N) is 1.